The Morgan fingerprint density at radius 3 is 2.84 bits per heavy atom. The van der Waals surface area contributed by atoms with Crippen molar-refractivity contribution in [3.63, 3.8) is 0 Å². The van der Waals surface area contributed by atoms with Crippen LogP contribution in [0.15, 0.2) is 24.4 Å². The van der Waals surface area contributed by atoms with Crippen molar-refractivity contribution in [3.05, 3.63) is 35.7 Å². The number of aliphatic hydroxyl groups is 1. The fourth-order valence-corrected chi connectivity index (χ4v) is 5.02. The maximum absolute atomic E-state index is 9.71. The van der Waals surface area contributed by atoms with Gasteiger partial charge in [-0.15, -0.1) is 0 Å². The lowest BCUT2D eigenvalue weighted by atomic mass is 9.98. The lowest BCUT2D eigenvalue weighted by Crippen LogP contribution is -2.35. The Labute approximate surface area is 221 Å². The first kappa shape index (κ1) is 25.7. The smallest absolute Gasteiger partial charge is 0.221 e. The number of likely N-dealkylation sites (N-methyl/N-ethyl adjacent to an activating group) is 1. The van der Waals surface area contributed by atoms with Crippen LogP contribution in [0.5, 0.6) is 11.6 Å². The number of hydrogen-bond donors (Lipinski definition) is 4. The molecule has 1 aliphatic heterocycles. The van der Waals surface area contributed by atoms with E-state index in [2.05, 4.69) is 25.5 Å². The van der Waals surface area contributed by atoms with Crippen LogP contribution in [0, 0.1) is 12.3 Å². The molecule has 5 rings (SSSR count). The molecule has 200 valence electrons. The Bertz CT molecular complexity index is 1510. The number of fused-ring (bicyclic) bond motifs is 6. The van der Waals surface area contributed by atoms with Gasteiger partial charge in [0.2, 0.25) is 5.88 Å². The summed E-state index contributed by atoms with van der Waals surface area (Å²) in [5, 5.41) is 35.3. The molecule has 11 heteroatoms. The maximum atomic E-state index is 9.71. The topological polar surface area (TPSA) is 137 Å². The molecule has 38 heavy (non-hydrogen) atoms. The van der Waals surface area contributed by atoms with Crippen molar-refractivity contribution in [2.24, 2.45) is 7.05 Å². The molecule has 3 aromatic heterocycles. The van der Waals surface area contributed by atoms with Gasteiger partial charge >= 0.3 is 0 Å². The van der Waals surface area contributed by atoms with Crippen molar-refractivity contribution in [1.29, 1.82) is 5.41 Å². The summed E-state index contributed by atoms with van der Waals surface area (Å²) in [6.07, 6.45) is 1.60. The number of methoxy groups -OCH3 is 1. The molecule has 0 spiro atoms. The quantitative estimate of drug-likeness (QED) is 0.323. The molecule has 4 N–H and O–H groups in total. The van der Waals surface area contributed by atoms with E-state index in [1.54, 1.807) is 18.0 Å². The molecule has 0 fully saturated rings. The summed E-state index contributed by atoms with van der Waals surface area (Å²) in [6.45, 7) is 6.76. The Kier molecular flexibility index (Phi) is 6.80. The fourth-order valence-electron chi connectivity index (χ4n) is 5.02. The molecule has 2 atom stereocenters. The third kappa shape index (κ3) is 4.59. The van der Waals surface area contributed by atoms with E-state index in [9.17, 15) is 5.11 Å². The Morgan fingerprint density at radius 2 is 2.11 bits per heavy atom. The molecule has 1 aromatic carbocycles. The van der Waals surface area contributed by atoms with E-state index in [1.807, 2.05) is 53.1 Å². The third-order valence-corrected chi connectivity index (χ3v) is 6.77. The number of aromatic amines is 1. The average Bonchev–Trinajstić information content (AvgIpc) is 3.42. The Hall–Kier alpha value is -3.96. The van der Waals surface area contributed by atoms with Crippen LogP contribution in [0.4, 0.5) is 5.69 Å². The number of ether oxygens (including phenoxy) is 2. The predicted octanol–water partition coefficient (Wildman–Crippen LogP) is 3.22. The SMILES string of the molecule is COc1cc2cc(c1NC(C)CO)C(=N)CN(C)CC(C)Oc1c(c(C)nn1C)-c1cc3c-2n[nH]c3cn1. The Morgan fingerprint density at radius 1 is 1.32 bits per heavy atom. The van der Waals surface area contributed by atoms with Crippen molar-refractivity contribution in [3.8, 4) is 34.1 Å². The average molecular weight is 519 g/mol. The molecule has 1 aliphatic rings. The summed E-state index contributed by atoms with van der Waals surface area (Å²) >= 11 is 0. The zero-order chi connectivity index (χ0) is 27.1. The number of aryl methyl sites for hydroxylation is 2. The van der Waals surface area contributed by atoms with Gasteiger partial charge in [0.05, 0.1) is 53.8 Å². The number of nitrogens with zero attached hydrogens (tertiary/aromatic N) is 5. The van der Waals surface area contributed by atoms with Crippen molar-refractivity contribution < 1.29 is 14.6 Å². The maximum Gasteiger partial charge on any atom is 0.221 e. The van der Waals surface area contributed by atoms with Crippen molar-refractivity contribution in [1.82, 2.24) is 29.9 Å². The van der Waals surface area contributed by atoms with E-state index in [-0.39, 0.29) is 18.8 Å². The largest absolute Gasteiger partial charge is 0.495 e. The zero-order valence-electron chi connectivity index (χ0n) is 22.6. The second-order valence-corrected chi connectivity index (χ2v) is 10.0. The van der Waals surface area contributed by atoms with Crippen LogP contribution in [0.3, 0.4) is 0 Å². The minimum absolute atomic E-state index is 0.0545. The molecule has 0 aliphatic carbocycles. The summed E-state index contributed by atoms with van der Waals surface area (Å²) in [5.41, 5.74) is 6.48. The van der Waals surface area contributed by atoms with Crippen molar-refractivity contribution in [2.75, 3.05) is 39.2 Å². The van der Waals surface area contributed by atoms with Crippen LogP contribution >= 0.6 is 0 Å². The highest BCUT2D eigenvalue weighted by atomic mass is 16.5. The number of aliphatic hydroxyl groups excluding tert-OH is 1. The number of nitrogens with one attached hydrogen (secondary N) is 3. The first-order valence-corrected chi connectivity index (χ1v) is 12.6. The van der Waals surface area contributed by atoms with Gasteiger partial charge in [-0.3, -0.25) is 15.0 Å². The highest BCUT2D eigenvalue weighted by Gasteiger charge is 2.25. The van der Waals surface area contributed by atoms with Crippen LogP contribution in [0.25, 0.3) is 33.4 Å². The lowest BCUT2D eigenvalue weighted by molar-refractivity contribution is 0.160. The molecule has 4 aromatic rings. The van der Waals surface area contributed by atoms with Gasteiger partial charge in [-0.2, -0.15) is 10.2 Å². The number of anilines is 1. The second-order valence-electron chi connectivity index (χ2n) is 10.0. The van der Waals surface area contributed by atoms with Crippen LogP contribution in [-0.4, -0.2) is 86.7 Å². The van der Waals surface area contributed by atoms with Gasteiger partial charge in [-0.1, -0.05) is 0 Å². The van der Waals surface area contributed by atoms with E-state index < -0.39 is 0 Å². The van der Waals surface area contributed by atoms with Gasteiger partial charge in [-0.05, 0) is 46.0 Å². The summed E-state index contributed by atoms with van der Waals surface area (Å²) in [6, 6.07) is 5.64. The molecule has 11 nitrogen and oxygen atoms in total. The Balaban J connectivity index is 1.77. The van der Waals surface area contributed by atoms with E-state index in [0.29, 0.717) is 41.7 Å². The van der Waals surface area contributed by atoms with Gasteiger partial charge in [0.25, 0.3) is 0 Å². The molecule has 0 saturated heterocycles. The number of hydrogen-bond acceptors (Lipinski definition) is 9. The molecule has 0 radical (unpaired) electrons. The van der Waals surface area contributed by atoms with Gasteiger partial charge in [0, 0.05) is 42.7 Å². The van der Waals surface area contributed by atoms with E-state index in [0.717, 1.165) is 39.1 Å². The first-order chi connectivity index (χ1) is 18.2. The minimum atomic E-state index is -0.225. The summed E-state index contributed by atoms with van der Waals surface area (Å²) in [7, 11) is 5.44. The monoisotopic (exact) mass is 518 g/mol. The predicted molar refractivity (Wildman–Crippen MR) is 147 cm³/mol. The van der Waals surface area contributed by atoms with Gasteiger partial charge in [0.15, 0.2) is 0 Å². The number of rotatable bonds is 4. The molecule has 0 amide bonds. The number of benzene rings is 1. The highest BCUT2D eigenvalue weighted by Crippen LogP contribution is 2.39. The molecule has 0 saturated carbocycles. The highest BCUT2D eigenvalue weighted by molar-refractivity contribution is 6.07. The molecule has 4 heterocycles. The summed E-state index contributed by atoms with van der Waals surface area (Å²) in [5.74, 6) is 1.22. The van der Waals surface area contributed by atoms with E-state index >= 15 is 0 Å². The van der Waals surface area contributed by atoms with Crippen LogP contribution in [0.2, 0.25) is 0 Å². The van der Waals surface area contributed by atoms with Gasteiger partial charge in [0.1, 0.15) is 17.5 Å². The first-order valence-electron chi connectivity index (χ1n) is 12.6. The van der Waals surface area contributed by atoms with Gasteiger partial charge < -0.3 is 25.3 Å². The van der Waals surface area contributed by atoms with Gasteiger partial charge in [-0.25, -0.2) is 4.68 Å². The standard InChI is InChI=1S/C27H34N8O3/c1-14(13-36)30-26-18-7-17(8-23(26)37-6)25-19-9-21(29-10-22(19)31-32-25)24-16(3)33-35(5)27(24)38-15(2)11-34(4)12-20(18)28/h7-10,14-15,28,30,36H,11-13H2,1-6H3,(H,31,32). The zero-order valence-corrected chi connectivity index (χ0v) is 22.6. The van der Waals surface area contributed by atoms with Crippen LogP contribution in [0.1, 0.15) is 25.1 Å². The fraction of sp³-hybridized carbons (Fsp3) is 0.407. The lowest BCUT2D eigenvalue weighted by Gasteiger charge is -2.25. The van der Waals surface area contributed by atoms with Crippen molar-refractivity contribution >= 4 is 22.3 Å². The normalized spacial score (nSPS) is 17.0. The van der Waals surface area contributed by atoms with E-state index in [4.69, 9.17) is 19.9 Å². The molecular formula is C27H34N8O3. The third-order valence-electron chi connectivity index (χ3n) is 6.77. The summed E-state index contributed by atoms with van der Waals surface area (Å²) in [4.78, 5) is 6.77. The van der Waals surface area contributed by atoms with E-state index in [1.165, 1.54) is 0 Å². The minimum Gasteiger partial charge on any atom is -0.495 e. The number of pyridine rings is 1. The van der Waals surface area contributed by atoms with Crippen molar-refractivity contribution in [2.45, 2.75) is 32.9 Å². The second kappa shape index (κ2) is 10.1. The van der Waals surface area contributed by atoms with Crippen LogP contribution < -0.4 is 14.8 Å². The molecular weight excluding hydrogens is 484 g/mol. The summed E-state index contributed by atoms with van der Waals surface area (Å²) < 4.78 is 13.9. The molecule has 2 unspecified atom stereocenters. The number of aromatic nitrogens is 5. The number of H-pyrrole nitrogens is 1. The van der Waals surface area contributed by atoms with Crippen LogP contribution in [-0.2, 0) is 7.05 Å². The molecule has 4 bridgehead atoms.